The van der Waals surface area contributed by atoms with Gasteiger partial charge in [-0.15, -0.1) is 11.3 Å². The molecule has 0 bridgehead atoms. The van der Waals surface area contributed by atoms with Crippen molar-refractivity contribution in [3.63, 3.8) is 0 Å². The number of carbonyl (C=O) groups is 1. The first-order valence-corrected chi connectivity index (χ1v) is 7.69. The molecule has 0 aliphatic heterocycles. The van der Waals surface area contributed by atoms with Crippen molar-refractivity contribution in [3.8, 4) is 5.75 Å². The Morgan fingerprint density at radius 1 is 1.50 bits per heavy atom. The summed E-state index contributed by atoms with van der Waals surface area (Å²) in [6.45, 7) is 7.75. The first-order valence-electron chi connectivity index (χ1n) is 6.87. The maximum atomic E-state index is 12.0. The number of hydrogen-bond acceptors (Lipinski definition) is 5. The lowest BCUT2D eigenvalue weighted by Gasteiger charge is -2.19. The van der Waals surface area contributed by atoms with Gasteiger partial charge >= 0.3 is 0 Å². The van der Waals surface area contributed by atoms with Crippen LogP contribution in [0.3, 0.4) is 0 Å². The number of anilines is 2. The van der Waals surface area contributed by atoms with Crippen molar-refractivity contribution in [3.05, 3.63) is 4.88 Å². The van der Waals surface area contributed by atoms with Gasteiger partial charge in [0.15, 0.2) is 5.75 Å². The summed E-state index contributed by atoms with van der Waals surface area (Å²) in [5.41, 5.74) is 6.46. The number of nitrogens with two attached hydrogens (primary N) is 1. The maximum Gasteiger partial charge on any atom is 0.263 e. The van der Waals surface area contributed by atoms with Gasteiger partial charge in [0.25, 0.3) is 5.91 Å². The lowest BCUT2D eigenvalue weighted by molar-refractivity contribution is 0.0960. The standard InChI is InChI=1S/C14H25N3O2S/c1-6-16-13(18)12-10(15)11(19-5)14(20-12)17(4)8-7-9(2)3/h9H,6-8,15H2,1-5H3,(H,16,18). The van der Waals surface area contributed by atoms with Gasteiger partial charge in [0.2, 0.25) is 0 Å². The second-order valence-corrected chi connectivity index (χ2v) is 6.15. The molecule has 1 aromatic rings. The molecule has 3 N–H and O–H groups in total. The molecule has 0 atom stereocenters. The largest absolute Gasteiger partial charge is 0.492 e. The summed E-state index contributed by atoms with van der Waals surface area (Å²) in [7, 11) is 3.58. The molecule has 0 radical (unpaired) electrons. The molecule has 20 heavy (non-hydrogen) atoms. The molecule has 0 unspecified atom stereocenters. The van der Waals surface area contributed by atoms with E-state index in [1.54, 1.807) is 7.11 Å². The Morgan fingerprint density at radius 2 is 2.15 bits per heavy atom. The third kappa shape index (κ3) is 3.79. The highest BCUT2D eigenvalue weighted by Gasteiger charge is 2.23. The van der Waals surface area contributed by atoms with Gasteiger partial charge in [0.05, 0.1) is 7.11 Å². The number of rotatable bonds is 7. The number of carbonyl (C=O) groups excluding carboxylic acids is 1. The van der Waals surface area contributed by atoms with E-state index in [4.69, 9.17) is 10.5 Å². The molecule has 114 valence electrons. The molecule has 5 nitrogen and oxygen atoms in total. The van der Waals surface area contributed by atoms with Crippen LogP contribution in [-0.4, -0.2) is 33.2 Å². The van der Waals surface area contributed by atoms with Crippen LogP contribution >= 0.6 is 11.3 Å². The molecule has 1 rings (SSSR count). The Morgan fingerprint density at radius 3 is 2.65 bits per heavy atom. The Hall–Kier alpha value is -1.43. The van der Waals surface area contributed by atoms with Gasteiger partial charge in [-0.1, -0.05) is 13.8 Å². The molecule has 0 aliphatic rings. The Bertz CT molecular complexity index is 458. The Kier molecular flexibility index (Phi) is 6.13. The molecule has 0 saturated heterocycles. The van der Waals surface area contributed by atoms with Crippen LogP contribution in [0.1, 0.15) is 36.9 Å². The predicted molar refractivity (Wildman–Crippen MR) is 86.0 cm³/mol. The number of nitrogens with one attached hydrogen (secondary N) is 1. The summed E-state index contributed by atoms with van der Waals surface area (Å²) in [5, 5.41) is 3.68. The van der Waals surface area contributed by atoms with Crippen molar-refractivity contribution in [1.82, 2.24) is 5.32 Å². The number of hydrogen-bond donors (Lipinski definition) is 2. The quantitative estimate of drug-likeness (QED) is 0.812. The molecular formula is C14H25N3O2S. The topological polar surface area (TPSA) is 67.6 Å². The highest BCUT2D eigenvalue weighted by molar-refractivity contribution is 7.19. The first-order chi connectivity index (χ1) is 9.42. The Labute approximate surface area is 125 Å². The van der Waals surface area contributed by atoms with Crippen LogP contribution in [0.2, 0.25) is 0 Å². The van der Waals surface area contributed by atoms with E-state index in [-0.39, 0.29) is 5.91 Å². The average Bonchev–Trinajstić information content (AvgIpc) is 2.73. The van der Waals surface area contributed by atoms with Crippen LogP contribution < -0.4 is 20.7 Å². The minimum atomic E-state index is -0.142. The van der Waals surface area contributed by atoms with E-state index in [1.165, 1.54) is 11.3 Å². The number of thiophene rings is 1. The van der Waals surface area contributed by atoms with E-state index in [1.807, 2.05) is 14.0 Å². The average molecular weight is 299 g/mol. The van der Waals surface area contributed by atoms with Gasteiger partial charge in [-0.3, -0.25) is 4.79 Å². The van der Waals surface area contributed by atoms with E-state index in [0.717, 1.165) is 18.0 Å². The van der Waals surface area contributed by atoms with E-state index < -0.39 is 0 Å². The van der Waals surface area contributed by atoms with E-state index >= 15 is 0 Å². The summed E-state index contributed by atoms with van der Waals surface area (Å²) in [5.74, 6) is 1.09. The van der Waals surface area contributed by atoms with Crippen LogP contribution in [0.5, 0.6) is 5.75 Å². The number of amides is 1. The molecule has 6 heteroatoms. The van der Waals surface area contributed by atoms with E-state index in [9.17, 15) is 4.79 Å². The smallest absolute Gasteiger partial charge is 0.263 e. The molecule has 0 fully saturated rings. The lowest BCUT2D eigenvalue weighted by Crippen LogP contribution is -2.22. The summed E-state index contributed by atoms with van der Waals surface area (Å²) in [6, 6.07) is 0. The minimum Gasteiger partial charge on any atom is -0.492 e. The van der Waals surface area contributed by atoms with Crippen LogP contribution in [0.15, 0.2) is 0 Å². The molecule has 0 saturated carbocycles. The van der Waals surface area contributed by atoms with Crippen LogP contribution in [0.4, 0.5) is 10.7 Å². The van der Waals surface area contributed by atoms with Gasteiger partial charge in [-0.25, -0.2) is 0 Å². The van der Waals surface area contributed by atoms with Crippen LogP contribution in [0, 0.1) is 5.92 Å². The third-order valence-electron chi connectivity index (χ3n) is 3.02. The van der Waals surface area contributed by atoms with E-state index in [2.05, 4.69) is 24.1 Å². The van der Waals surface area contributed by atoms with Crippen molar-refractivity contribution >= 4 is 27.9 Å². The molecule has 1 aromatic heterocycles. The van der Waals surface area contributed by atoms with Gasteiger partial charge in [0, 0.05) is 20.1 Å². The Balaban J connectivity index is 3.01. The molecule has 0 spiro atoms. The van der Waals surface area contributed by atoms with Crippen molar-refractivity contribution in [1.29, 1.82) is 0 Å². The second kappa shape index (κ2) is 7.38. The fourth-order valence-electron chi connectivity index (χ4n) is 1.83. The summed E-state index contributed by atoms with van der Waals surface area (Å²) in [6.07, 6.45) is 1.08. The fraction of sp³-hybridized carbons (Fsp3) is 0.643. The predicted octanol–water partition coefficient (Wildman–Crippen LogP) is 2.57. The van der Waals surface area contributed by atoms with Crippen LogP contribution in [0.25, 0.3) is 0 Å². The van der Waals surface area contributed by atoms with Gasteiger partial charge in [-0.05, 0) is 19.3 Å². The molecule has 1 amide bonds. The monoisotopic (exact) mass is 299 g/mol. The zero-order chi connectivity index (χ0) is 15.3. The van der Waals surface area contributed by atoms with Crippen LogP contribution in [-0.2, 0) is 0 Å². The fourth-order valence-corrected chi connectivity index (χ4v) is 2.92. The third-order valence-corrected chi connectivity index (χ3v) is 4.32. The number of ether oxygens (including phenoxy) is 1. The highest BCUT2D eigenvalue weighted by Crippen LogP contribution is 2.44. The van der Waals surface area contributed by atoms with Gasteiger partial charge in [0.1, 0.15) is 15.6 Å². The number of nitrogen functional groups attached to an aromatic ring is 1. The van der Waals surface area contributed by atoms with Crippen molar-refractivity contribution in [2.75, 3.05) is 37.9 Å². The van der Waals surface area contributed by atoms with Crippen molar-refractivity contribution in [2.24, 2.45) is 5.92 Å². The highest BCUT2D eigenvalue weighted by atomic mass is 32.1. The van der Waals surface area contributed by atoms with Gasteiger partial charge < -0.3 is 20.7 Å². The van der Waals surface area contributed by atoms with Crippen molar-refractivity contribution in [2.45, 2.75) is 27.2 Å². The number of methoxy groups -OCH3 is 1. The lowest BCUT2D eigenvalue weighted by atomic mass is 10.1. The van der Waals surface area contributed by atoms with E-state index in [0.29, 0.717) is 28.8 Å². The number of nitrogens with zero attached hydrogens (tertiary/aromatic N) is 1. The molecule has 0 aromatic carbocycles. The summed E-state index contributed by atoms with van der Waals surface area (Å²) in [4.78, 5) is 14.6. The maximum absolute atomic E-state index is 12.0. The zero-order valence-electron chi connectivity index (χ0n) is 12.9. The second-order valence-electron chi connectivity index (χ2n) is 5.15. The normalized spacial score (nSPS) is 10.7. The first kappa shape index (κ1) is 16.6. The van der Waals surface area contributed by atoms with Crippen molar-refractivity contribution < 1.29 is 9.53 Å². The summed E-state index contributed by atoms with van der Waals surface area (Å²) < 4.78 is 5.38. The summed E-state index contributed by atoms with van der Waals surface area (Å²) >= 11 is 1.38. The SMILES string of the molecule is CCNC(=O)c1sc(N(C)CCC(C)C)c(OC)c1N. The molecule has 0 aliphatic carbocycles. The molecular weight excluding hydrogens is 274 g/mol. The zero-order valence-corrected chi connectivity index (χ0v) is 13.8. The molecule has 1 heterocycles. The minimum absolute atomic E-state index is 0.142. The van der Waals surface area contributed by atoms with Gasteiger partial charge in [-0.2, -0.15) is 0 Å².